The van der Waals surface area contributed by atoms with Crippen LogP contribution in [0.4, 0.5) is 16.5 Å². The molecule has 2 aliphatic carbocycles. The fraction of sp³-hybridized carbons (Fsp3) is 0.391. The van der Waals surface area contributed by atoms with E-state index in [0.29, 0.717) is 34.5 Å². The lowest BCUT2D eigenvalue weighted by molar-refractivity contribution is 0.0956. The van der Waals surface area contributed by atoms with E-state index in [2.05, 4.69) is 35.9 Å². The minimum atomic E-state index is -0.395. The lowest BCUT2D eigenvalue weighted by Gasteiger charge is -2.13. The number of nitrogens with zero attached hydrogens (tertiary/aromatic N) is 4. The molecule has 10 heteroatoms. The lowest BCUT2D eigenvalue weighted by Crippen LogP contribution is -2.26. The van der Waals surface area contributed by atoms with Crippen molar-refractivity contribution in [2.75, 3.05) is 17.2 Å². The monoisotopic (exact) mass is 463 g/mol. The molecule has 1 saturated carbocycles. The first-order valence-corrected chi connectivity index (χ1v) is 12.1. The van der Waals surface area contributed by atoms with Crippen LogP contribution in [0.15, 0.2) is 24.9 Å². The van der Waals surface area contributed by atoms with E-state index in [1.165, 1.54) is 22.5 Å². The van der Waals surface area contributed by atoms with Crippen molar-refractivity contribution in [1.29, 1.82) is 0 Å². The van der Waals surface area contributed by atoms with Crippen LogP contribution in [0.25, 0.3) is 0 Å². The Labute approximate surface area is 195 Å². The van der Waals surface area contributed by atoms with E-state index < -0.39 is 5.91 Å². The van der Waals surface area contributed by atoms with Crippen molar-refractivity contribution in [3.05, 3.63) is 52.3 Å². The van der Waals surface area contributed by atoms with Gasteiger partial charge in [0, 0.05) is 17.3 Å². The van der Waals surface area contributed by atoms with E-state index >= 15 is 0 Å². The summed E-state index contributed by atoms with van der Waals surface area (Å²) in [4.78, 5) is 44.6. The van der Waals surface area contributed by atoms with Gasteiger partial charge in [-0.1, -0.05) is 0 Å². The molecule has 0 atom stereocenters. The van der Waals surface area contributed by atoms with Gasteiger partial charge in [0.15, 0.2) is 11.5 Å². The Kier molecular flexibility index (Phi) is 5.99. The van der Waals surface area contributed by atoms with Gasteiger partial charge in [0.1, 0.15) is 11.3 Å². The first-order chi connectivity index (χ1) is 16.1. The van der Waals surface area contributed by atoms with Gasteiger partial charge in [-0.2, -0.15) is 0 Å². The molecule has 5 rings (SSSR count). The first-order valence-electron chi connectivity index (χ1n) is 11.3. The molecule has 9 nitrogen and oxygen atoms in total. The molecule has 3 N–H and O–H groups in total. The molecule has 0 spiro atoms. The zero-order chi connectivity index (χ0) is 22.8. The Morgan fingerprint density at radius 1 is 1.09 bits per heavy atom. The smallest absolute Gasteiger partial charge is 0.278 e. The highest BCUT2D eigenvalue weighted by molar-refractivity contribution is 7.17. The summed E-state index contributed by atoms with van der Waals surface area (Å²) in [5, 5.41) is 9.54. The van der Waals surface area contributed by atoms with Crippen molar-refractivity contribution in [2.45, 2.75) is 51.4 Å². The Hall–Kier alpha value is -3.40. The second kappa shape index (κ2) is 9.22. The number of aryl methyl sites for hydroxylation is 1. The summed E-state index contributed by atoms with van der Waals surface area (Å²) in [7, 11) is 0. The standard InChI is InChI=1S/C23H25N7O2S/c1-2-26-21(31)18-15-5-3-4-6-17(15)33-23(18)30-22(32)19-20(28-14-9-24-12-25-10-14)27-11-16(29-19)13-7-8-13/h9-13H,2-8H2,1H3,(H,26,31)(H,27,28)(H,30,32). The van der Waals surface area contributed by atoms with E-state index in [-0.39, 0.29) is 11.6 Å². The van der Waals surface area contributed by atoms with E-state index in [1.807, 2.05) is 6.92 Å². The molecular formula is C23H25N7O2S. The van der Waals surface area contributed by atoms with Gasteiger partial charge in [-0.05, 0) is 51.0 Å². The molecule has 33 heavy (non-hydrogen) atoms. The molecule has 0 unspecified atom stereocenters. The largest absolute Gasteiger partial charge is 0.352 e. The van der Waals surface area contributed by atoms with Gasteiger partial charge < -0.3 is 16.0 Å². The normalized spacial score (nSPS) is 14.9. The maximum atomic E-state index is 13.5. The maximum Gasteiger partial charge on any atom is 0.278 e. The third-order valence-electron chi connectivity index (χ3n) is 5.79. The third kappa shape index (κ3) is 4.56. The molecule has 3 aromatic rings. The van der Waals surface area contributed by atoms with Gasteiger partial charge in [0.2, 0.25) is 0 Å². The minimum Gasteiger partial charge on any atom is -0.352 e. The Balaban J connectivity index is 1.49. The molecule has 2 aliphatic rings. The van der Waals surface area contributed by atoms with Crippen LogP contribution in [0.5, 0.6) is 0 Å². The molecule has 0 saturated heterocycles. The van der Waals surface area contributed by atoms with Crippen LogP contribution in [-0.2, 0) is 12.8 Å². The minimum absolute atomic E-state index is 0.148. The zero-order valence-electron chi connectivity index (χ0n) is 18.4. The van der Waals surface area contributed by atoms with Gasteiger partial charge in [0.05, 0.1) is 35.5 Å². The second-order valence-corrected chi connectivity index (χ2v) is 9.35. The van der Waals surface area contributed by atoms with E-state index in [1.54, 1.807) is 18.6 Å². The summed E-state index contributed by atoms with van der Waals surface area (Å²) in [6.07, 6.45) is 12.4. The van der Waals surface area contributed by atoms with Crippen molar-refractivity contribution < 1.29 is 9.59 Å². The summed E-state index contributed by atoms with van der Waals surface area (Å²) in [5.74, 6) is 0.129. The van der Waals surface area contributed by atoms with Crippen LogP contribution in [0.2, 0.25) is 0 Å². The number of carbonyl (C=O) groups excluding carboxylic acids is 2. The third-order valence-corrected chi connectivity index (χ3v) is 7.00. The van der Waals surface area contributed by atoms with Crippen LogP contribution in [0.3, 0.4) is 0 Å². The van der Waals surface area contributed by atoms with Gasteiger partial charge in [-0.15, -0.1) is 11.3 Å². The molecule has 2 amide bonds. The zero-order valence-corrected chi connectivity index (χ0v) is 19.2. The highest BCUT2D eigenvalue weighted by Gasteiger charge is 2.30. The van der Waals surface area contributed by atoms with Crippen molar-refractivity contribution in [2.24, 2.45) is 0 Å². The van der Waals surface area contributed by atoms with Gasteiger partial charge in [-0.3, -0.25) is 9.59 Å². The molecule has 170 valence electrons. The van der Waals surface area contributed by atoms with Crippen LogP contribution < -0.4 is 16.0 Å². The molecule has 3 heterocycles. The van der Waals surface area contributed by atoms with Crippen molar-refractivity contribution >= 4 is 39.7 Å². The predicted octanol–water partition coefficient (Wildman–Crippen LogP) is 3.83. The average Bonchev–Trinajstić information content (AvgIpc) is 3.61. The van der Waals surface area contributed by atoms with E-state index in [0.717, 1.165) is 49.8 Å². The van der Waals surface area contributed by atoms with Crippen molar-refractivity contribution in [1.82, 2.24) is 25.3 Å². The highest BCUT2D eigenvalue weighted by atomic mass is 32.1. The van der Waals surface area contributed by atoms with Crippen LogP contribution in [0.1, 0.15) is 75.5 Å². The Morgan fingerprint density at radius 2 is 1.88 bits per heavy atom. The number of fused-ring (bicyclic) bond motifs is 1. The summed E-state index contributed by atoms with van der Waals surface area (Å²) in [6, 6.07) is 0. The van der Waals surface area contributed by atoms with E-state index in [9.17, 15) is 9.59 Å². The molecule has 0 aromatic carbocycles. The predicted molar refractivity (Wildman–Crippen MR) is 126 cm³/mol. The Bertz CT molecular complexity index is 1190. The van der Waals surface area contributed by atoms with Crippen molar-refractivity contribution in [3.63, 3.8) is 0 Å². The fourth-order valence-corrected chi connectivity index (χ4v) is 5.32. The number of aromatic nitrogens is 4. The topological polar surface area (TPSA) is 122 Å². The van der Waals surface area contributed by atoms with Crippen molar-refractivity contribution in [3.8, 4) is 0 Å². The number of nitrogens with one attached hydrogen (secondary N) is 3. The maximum absolute atomic E-state index is 13.5. The summed E-state index contributed by atoms with van der Waals surface area (Å²) in [6.45, 7) is 2.41. The number of amides is 2. The molecule has 0 bridgehead atoms. The van der Waals surface area contributed by atoms with Crippen LogP contribution in [0, 0.1) is 0 Å². The number of hydrogen-bond acceptors (Lipinski definition) is 8. The summed E-state index contributed by atoms with van der Waals surface area (Å²) in [5.41, 5.74) is 3.25. The Morgan fingerprint density at radius 3 is 2.64 bits per heavy atom. The highest BCUT2D eigenvalue weighted by Crippen LogP contribution is 2.40. The van der Waals surface area contributed by atoms with Gasteiger partial charge in [-0.25, -0.2) is 19.9 Å². The molecule has 0 aliphatic heterocycles. The first kappa shape index (κ1) is 21.4. The van der Waals surface area contributed by atoms with E-state index in [4.69, 9.17) is 0 Å². The van der Waals surface area contributed by atoms with Crippen LogP contribution in [-0.4, -0.2) is 38.3 Å². The molecule has 3 aromatic heterocycles. The SMILES string of the molecule is CCNC(=O)c1c(NC(=O)c2nc(C3CC3)cnc2Nc2cncnc2)sc2c1CCCC2. The number of thiophene rings is 1. The quantitative estimate of drug-likeness (QED) is 0.487. The van der Waals surface area contributed by atoms with Crippen LogP contribution >= 0.6 is 11.3 Å². The number of anilines is 3. The fourth-order valence-electron chi connectivity index (χ4n) is 4.03. The molecule has 1 fully saturated rings. The average molecular weight is 464 g/mol. The summed E-state index contributed by atoms with van der Waals surface area (Å²) < 4.78 is 0. The molecular weight excluding hydrogens is 438 g/mol. The summed E-state index contributed by atoms with van der Waals surface area (Å²) >= 11 is 1.49. The lowest BCUT2D eigenvalue weighted by atomic mass is 9.95. The molecule has 0 radical (unpaired) electrons. The second-order valence-electron chi connectivity index (χ2n) is 8.25. The number of hydrogen-bond donors (Lipinski definition) is 3. The number of rotatable bonds is 7. The number of carbonyl (C=O) groups is 2. The van der Waals surface area contributed by atoms with Gasteiger partial charge in [0.25, 0.3) is 11.8 Å². The van der Waals surface area contributed by atoms with Gasteiger partial charge >= 0.3 is 0 Å².